The van der Waals surface area contributed by atoms with Gasteiger partial charge in [-0.25, -0.2) is 10.8 Å². The summed E-state index contributed by atoms with van der Waals surface area (Å²) in [5, 5.41) is 11.2. The minimum Gasteiger partial charge on any atom is -0.351 e. The number of aromatic nitrogens is 1. The summed E-state index contributed by atoms with van der Waals surface area (Å²) in [6, 6.07) is 2.98. The van der Waals surface area contributed by atoms with Crippen LogP contribution >= 0.6 is 0 Å². The van der Waals surface area contributed by atoms with Gasteiger partial charge in [0.25, 0.3) is 0 Å². The summed E-state index contributed by atoms with van der Waals surface area (Å²) in [4.78, 5) is 17.1. The molecule has 2 rings (SSSR count). The molecule has 0 spiro atoms. The Kier molecular flexibility index (Phi) is 4.95. The number of nitrogens with two attached hydrogens (primary N) is 1. The molecule has 0 bridgehead atoms. The summed E-state index contributed by atoms with van der Waals surface area (Å²) in [7, 11) is 0. The predicted octanol–water partition coefficient (Wildman–Crippen LogP) is 2.54. The van der Waals surface area contributed by atoms with Crippen molar-refractivity contribution in [2.75, 3.05) is 23.4 Å². The second-order valence-corrected chi connectivity index (χ2v) is 5.86. The normalized spacial score (nSPS) is 19.4. The van der Waals surface area contributed by atoms with E-state index in [0.29, 0.717) is 23.5 Å². The number of hydrogen-bond acceptors (Lipinski definition) is 6. The molecule has 116 valence electrons. The molecule has 1 aliphatic rings. The third-order valence-corrected chi connectivity index (χ3v) is 4.21. The summed E-state index contributed by atoms with van der Waals surface area (Å²) in [6.07, 6.45) is 3.23. The minimum atomic E-state index is -0.381. The molecule has 1 fully saturated rings. The number of rotatable bonds is 4. The Morgan fingerprint density at radius 3 is 2.81 bits per heavy atom. The van der Waals surface area contributed by atoms with Gasteiger partial charge in [0.05, 0.1) is 4.92 Å². The van der Waals surface area contributed by atoms with Gasteiger partial charge in [-0.15, -0.1) is 0 Å². The molecule has 21 heavy (non-hydrogen) atoms. The Morgan fingerprint density at radius 2 is 2.19 bits per heavy atom. The Bertz CT molecular complexity index is 506. The van der Waals surface area contributed by atoms with Crippen molar-refractivity contribution in [2.24, 2.45) is 17.7 Å². The number of nitrogens with zero attached hydrogens (tertiary/aromatic N) is 3. The van der Waals surface area contributed by atoms with Gasteiger partial charge >= 0.3 is 5.69 Å². The average molecular weight is 293 g/mol. The van der Waals surface area contributed by atoms with Crippen LogP contribution in [0.3, 0.4) is 0 Å². The molecule has 0 aromatic carbocycles. The second-order valence-electron chi connectivity index (χ2n) is 5.86. The van der Waals surface area contributed by atoms with Gasteiger partial charge in [-0.3, -0.25) is 10.1 Å². The van der Waals surface area contributed by atoms with Crippen LogP contribution < -0.4 is 16.2 Å². The Labute approximate surface area is 124 Å². The van der Waals surface area contributed by atoms with Gasteiger partial charge in [-0.05, 0) is 37.2 Å². The monoisotopic (exact) mass is 293 g/mol. The van der Waals surface area contributed by atoms with Crippen molar-refractivity contribution in [3.05, 3.63) is 22.2 Å². The number of hydrazine groups is 1. The third-order valence-electron chi connectivity index (χ3n) is 4.21. The first-order valence-electron chi connectivity index (χ1n) is 7.40. The van der Waals surface area contributed by atoms with Crippen LogP contribution in [0.2, 0.25) is 0 Å². The van der Waals surface area contributed by atoms with E-state index in [4.69, 9.17) is 5.84 Å². The number of nitro groups is 1. The van der Waals surface area contributed by atoms with E-state index in [0.717, 1.165) is 32.4 Å². The molecule has 1 aromatic rings. The van der Waals surface area contributed by atoms with Crippen LogP contribution in [0.25, 0.3) is 0 Å². The molecule has 1 aliphatic heterocycles. The number of hydrogen-bond donors (Lipinski definition) is 2. The molecule has 1 saturated heterocycles. The van der Waals surface area contributed by atoms with E-state index in [9.17, 15) is 10.1 Å². The number of nitrogens with one attached hydrogen (secondary N) is 1. The first-order chi connectivity index (χ1) is 10.0. The van der Waals surface area contributed by atoms with Gasteiger partial charge < -0.3 is 10.3 Å². The summed E-state index contributed by atoms with van der Waals surface area (Å²) >= 11 is 0. The van der Waals surface area contributed by atoms with E-state index in [2.05, 4.69) is 24.3 Å². The molecule has 2 heterocycles. The lowest BCUT2D eigenvalue weighted by Crippen LogP contribution is -2.27. The van der Waals surface area contributed by atoms with Gasteiger partial charge in [0.1, 0.15) is 5.82 Å². The zero-order valence-corrected chi connectivity index (χ0v) is 12.6. The van der Waals surface area contributed by atoms with Gasteiger partial charge in [0, 0.05) is 19.2 Å². The van der Waals surface area contributed by atoms with E-state index in [1.54, 1.807) is 0 Å². The quantitative estimate of drug-likeness (QED) is 0.503. The van der Waals surface area contributed by atoms with Crippen LogP contribution in [0, 0.1) is 22.0 Å². The van der Waals surface area contributed by atoms with E-state index in [1.807, 2.05) is 4.90 Å². The van der Waals surface area contributed by atoms with Crippen molar-refractivity contribution in [3.63, 3.8) is 0 Å². The highest BCUT2D eigenvalue weighted by atomic mass is 16.6. The number of anilines is 2. The molecule has 1 aromatic heterocycles. The van der Waals surface area contributed by atoms with E-state index < -0.39 is 0 Å². The number of pyridine rings is 1. The lowest BCUT2D eigenvalue weighted by molar-refractivity contribution is -0.384. The SMILES string of the molecule is CC(C)C1CCCN(c2nc(NN)ccc2[N+](=O)[O-])CC1. The summed E-state index contributed by atoms with van der Waals surface area (Å²) in [6.45, 7) is 6.07. The highest BCUT2D eigenvalue weighted by Gasteiger charge is 2.25. The van der Waals surface area contributed by atoms with Crippen LogP contribution in [-0.2, 0) is 0 Å². The molecule has 0 radical (unpaired) electrons. The van der Waals surface area contributed by atoms with Crippen LogP contribution in [0.5, 0.6) is 0 Å². The van der Waals surface area contributed by atoms with Crippen LogP contribution in [0.15, 0.2) is 12.1 Å². The van der Waals surface area contributed by atoms with Gasteiger partial charge in [0.2, 0.25) is 5.82 Å². The lowest BCUT2D eigenvalue weighted by atomic mass is 9.89. The predicted molar refractivity (Wildman–Crippen MR) is 83.1 cm³/mol. The molecule has 7 nitrogen and oxygen atoms in total. The van der Waals surface area contributed by atoms with Crippen molar-refractivity contribution in [1.29, 1.82) is 0 Å². The highest BCUT2D eigenvalue weighted by Crippen LogP contribution is 2.32. The van der Waals surface area contributed by atoms with Crippen molar-refractivity contribution < 1.29 is 4.92 Å². The first-order valence-corrected chi connectivity index (χ1v) is 7.40. The lowest BCUT2D eigenvalue weighted by Gasteiger charge is -2.22. The van der Waals surface area contributed by atoms with Crippen LogP contribution in [0.4, 0.5) is 17.3 Å². The zero-order valence-electron chi connectivity index (χ0n) is 12.6. The maximum Gasteiger partial charge on any atom is 0.311 e. The van der Waals surface area contributed by atoms with Crippen LogP contribution in [-0.4, -0.2) is 23.0 Å². The molecular formula is C14H23N5O2. The van der Waals surface area contributed by atoms with Crippen molar-refractivity contribution in [2.45, 2.75) is 33.1 Å². The van der Waals surface area contributed by atoms with Crippen LogP contribution in [0.1, 0.15) is 33.1 Å². The molecule has 3 N–H and O–H groups in total. The number of nitrogen functional groups attached to an aromatic ring is 1. The fraction of sp³-hybridized carbons (Fsp3) is 0.643. The Hall–Kier alpha value is -1.89. The largest absolute Gasteiger partial charge is 0.351 e. The van der Waals surface area contributed by atoms with Crippen molar-refractivity contribution in [1.82, 2.24) is 4.98 Å². The average Bonchev–Trinajstić information content (AvgIpc) is 2.72. The molecule has 0 amide bonds. The molecule has 0 aliphatic carbocycles. The molecule has 0 saturated carbocycles. The summed E-state index contributed by atoms with van der Waals surface area (Å²) in [5.74, 6) is 7.54. The molecule has 1 unspecified atom stereocenters. The molecule has 1 atom stereocenters. The first kappa shape index (κ1) is 15.5. The maximum absolute atomic E-state index is 11.2. The second kappa shape index (κ2) is 6.71. The van der Waals surface area contributed by atoms with Gasteiger partial charge in [0.15, 0.2) is 0 Å². The van der Waals surface area contributed by atoms with Crippen molar-refractivity contribution >= 4 is 17.3 Å². The summed E-state index contributed by atoms with van der Waals surface area (Å²) < 4.78 is 0. The van der Waals surface area contributed by atoms with E-state index in [1.165, 1.54) is 12.1 Å². The Balaban J connectivity index is 2.25. The van der Waals surface area contributed by atoms with E-state index >= 15 is 0 Å². The standard InChI is InChI=1S/C14H23N5O2/c1-10(2)11-4-3-8-18(9-7-11)14-12(19(20)21)5-6-13(16-14)17-15/h5-6,10-11H,3-4,7-9,15H2,1-2H3,(H,16,17). The third kappa shape index (κ3) is 3.60. The Morgan fingerprint density at radius 1 is 1.43 bits per heavy atom. The van der Waals surface area contributed by atoms with Crippen molar-refractivity contribution in [3.8, 4) is 0 Å². The van der Waals surface area contributed by atoms with Gasteiger partial charge in [-0.1, -0.05) is 13.8 Å². The van der Waals surface area contributed by atoms with E-state index in [-0.39, 0.29) is 10.6 Å². The fourth-order valence-corrected chi connectivity index (χ4v) is 2.90. The fourth-order valence-electron chi connectivity index (χ4n) is 2.90. The topological polar surface area (TPSA) is 97.3 Å². The molecule has 7 heteroatoms. The highest BCUT2D eigenvalue weighted by molar-refractivity contribution is 5.61. The summed E-state index contributed by atoms with van der Waals surface area (Å²) in [5.41, 5.74) is 2.49. The molecular weight excluding hydrogens is 270 g/mol. The smallest absolute Gasteiger partial charge is 0.311 e. The van der Waals surface area contributed by atoms with Gasteiger partial charge in [-0.2, -0.15) is 0 Å². The zero-order chi connectivity index (χ0) is 15.4. The minimum absolute atomic E-state index is 0.0389. The maximum atomic E-state index is 11.2.